The highest BCUT2D eigenvalue weighted by Gasteiger charge is 2.24. The molecular weight excluding hydrogens is 348 g/mol. The summed E-state index contributed by atoms with van der Waals surface area (Å²) in [6.07, 6.45) is 0. The molecule has 0 aliphatic heterocycles. The van der Waals surface area contributed by atoms with Gasteiger partial charge in [0.2, 0.25) is 5.91 Å². The molecular formula is C20H20N2OS2. The normalized spacial score (nSPS) is 12.0. The molecule has 3 rings (SSSR count). The van der Waals surface area contributed by atoms with Gasteiger partial charge in [0, 0.05) is 25.0 Å². The van der Waals surface area contributed by atoms with Gasteiger partial charge in [0.05, 0.1) is 5.69 Å². The first-order chi connectivity index (χ1) is 12.0. The molecule has 1 heterocycles. The summed E-state index contributed by atoms with van der Waals surface area (Å²) in [5, 5.41) is 1.77. The third-order valence-corrected chi connectivity index (χ3v) is 6.03. The van der Waals surface area contributed by atoms with E-state index in [-0.39, 0.29) is 11.2 Å². The Kier molecular flexibility index (Phi) is 5.56. The third kappa shape index (κ3) is 4.30. The van der Waals surface area contributed by atoms with Gasteiger partial charge in [0.25, 0.3) is 0 Å². The molecule has 0 radical (unpaired) electrons. The number of hydrogen-bond acceptors (Lipinski definition) is 4. The minimum atomic E-state index is -0.284. The molecule has 0 bridgehead atoms. The van der Waals surface area contributed by atoms with Crippen molar-refractivity contribution >= 4 is 29.0 Å². The van der Waals surface area contributed by atoms with Crippen molar-refractivity contribution in [3.8, 4) is 11.3 Å². The Labute approximate surface area is 156 Å². The Morgan fingerprint density at radius 1 is 1.08 bits per heavy atom. The molecule has 25 heavy (non-hydrogen) atoms. The lowest BCUT2D eigenvalue weighted by Crippen LogP contribution is -2.26. The largest absolute Gasteiger partial charge is 0.348 e. The molecule has 2 aromatic carbocycles. The van der Waals surface area contributed by atoms with Crippen LogP contribution in [-0.4, -0.2) is 29.9 Å². The molecule has 1 aromatic heterocycles. The Bertz CT molecular complexity index is 842. The Balaban J connectivity index is 1.85. The Morgan fingerprint density at radius 3 is 2.40 bits per heavy atom. The van der Waals surface area contributed by atoms with Gasteiger partial charge in [-0.2, -0.15) is 0 Å². The van der Waals surface area contributed by atoms with E-state index in [1.165, 1.54) is 17.3 Å². The van der Waals surface area contributed by atoms with Gasteiger partial charge >= 0.3 is 0 Å². The highest BCUT2D eigenvalue weighted by molar-refractivity contribution is 8.01. The zero-order valence-corrected chi connectivity index (χ0v) is 16.1. The lowest BCUT2D eigenvalue weighted by molar-refractivity contribution is -0.128. The highest BCUT2D eigenvalue weighted by Crippen LogP contribution is 2.39. The van der Waals surface area contributed by atoms with Crippen molar-refractivity contribution in [2.45, 2.75) is 16.5 Å². The van der Waals surface area contributed by atoms with Gasteiger partial charge < -0.3 is 4.90 Å². The predicted molar refractivity (Wildman–Crippen MR) is 106 cm³/mol. The number of carbonyl (C=O) groups excluding carboxylic acids is 1. The zero-order valence-electron chi connectivity index (χ0n) is 14.5. The number of nitrogens with zero attached hydrogens (tertiary/aromatic N) is 2. The van der Waals surface area contributed by atoms with E-state index in [1.807, 2.05) is 30.3 Å². The van der Waals surface area contributed by atoms with Crippen LogP contribution in [0.15, 0.2) is 64.3 Å². The average molecular weight is 369 g/mol. The first-order valence-corrected chi connectivity index (χ1v) is 9.76. The molecule has 0 spiro atoms. The maximum Gasteiger partial charge on any atom is 0.240 e. The monoisotopic (exact) mass is 368 g/mol. The van der Waals surface area contributed by atoms with E-state index in [2.05, 4.69) is 36.6 Å². The van der Waals surface area contributed by atoms with Crippen LogP contribution < -0.4 is 0 Å². The second-order valence-corrected chi connectivity index (χ2v) is 8.22. The second-order valence-electron chi connectivity index (χ2n) is 6.01. The Hall–Kier alpha value is -2.11. The summed E-state index contributed by atoms with van der Waals surface area (Å²) in [6, 6.07) is 18.2. The van der Waals surface area contributed by atoms with E-state index in [9.17, 15) is 4.79 Å². The average Bonchev–Trinajstić information content (AvgIpc) is 3.09. The van der Waals surface area contributed by atoms with Gasteiger partial charge in [0.1, 0.15) is 5.25 Å². The van der Waals surface area contributed by atoms with Gasteiger partial charge in [-0.3, -0.25) is 4.79 Å². The first kappa shape index (κ1) is 17.7. The number of thioether (sulfide) groups is 1. The smallest absolute Gasteiger partial charge is 0.240 e. The lowest BCUT2D eigenvalue weighted by Gasteiger charge is -2.19. The molecule has 3 nitrogen and oxygen atoms in total. The number of benzene rings is 2. The van der Waals surface area contributed by atoms with Crippen LogP contribution in [-0.2, 0) is 4.79 Å². The third-order valence-electron chi connectivity index (χ3n) is 3.82. The number of likely N-dealkylation sites (N-methyl/N-ethyl adjacent to an activating group) is 1. The molecule has 0 aliphatic rings. The first-order valence-electron chi connectivity index (χ1n) is 8.00. The molecule has 0 aliphatic carbocycles. The topological polar surface area (TPSA) is 33.2 Å². The van der Waals surface area contributed by atoms with Crippen LogP contribution in [0.25, 0.3) is 11.3 Å². The molecule has 128 valence electrons. The van der Waals surface area contributed by atoms with E-state index in [1.54, 1.807) is 30.3 Å². The van der Waals surface area contributed by atoms with E-state index >= 15 is 0 Å². The van der Waals surface area contributed by atoms with Crippen LogP contribution in [0, 0.1) is 6.92 Å². The predicted octanol–water partition coefficient (Wildman–Crippen LogP) is 5.04. The van der Waals surface area contributed by atoms with Crippen LogP contribution in [0.5, 0.6) is 0 Å². The number of rotatable bonds is 5. The standard InChI is InChI=1S/C20H20N2OS2/c1-14-9-11-15(12-10-14)17-13-24-20(21-17)25-18(19(23)22(2)3)16-7-5-4-6-8-16/h4-13,18H,1-3H3. The molecule has 0 N–H and O–H groups in total. The summed E-state index contributed by atoms with van der Waals surface area (Å²) >= 11 is 3.09. The summed E-state index contributed by atoms with van der Waals surface area (Å²) in [7, 11) is 3.58. The van der Waals surface area contributed by atoms with Crippen molar-refractivity contribution < 1.29 is 4.79 Å². The van der Waals surface area contributed by atoms with Crippen molar-refractivity contribution in [3.63, 3.8) is 0 Å². The van der Waals surface area contributed by atoms with Crippen molar-refractivity contribution in [1.29, 1.82) is 0 Å². The van der Waals surface area contributed by atoms with Gasteiger partial charge in [-0.25, -0.2) is 4.98 Å². The maximum atomic E-state index is 12.6. The summed E-state index contributed by atoms with van der Waals surface area (Å²) in [5.74, 6) is 0.0725. The van der Waals surface area contributed by atoms with E-state index in [4.69, 9.17) is 4.98 Å². The highest BCUT2D eigenvalue weighted by atomic mass is 32.2. The van der Waals surface area contributed by atoms with Gasteiger partial charge in [-0.05, 0) is 12.5 Å². The van der Waals surface area contributed by atoms with Crippen LogP contribution in [0.4, 0.5) is 0 Å². The van der Waals surface area contributed by atoms with E-state index in [0.717, 1.165) is 21.2 Å². The quantitative estimate of drug-likeness (QED) is 0.592. The molecule has 1 atom stereocenters. The molecule has 5 heteroatoms. The van der Waals surface area contributed by atoms with E-state index in [0.29, 0.717) is 0 Å². The molecule has 0 fully saturated rings. The summed E-state index contributed by atoms with van der Waals surface area (Å²) < 4.78 is 0.902. The molecule has 0 saturated heterocycles. The second kappa shape index (κ2) is 7.85. The number of thiazole rings is 1. The number of carbonyl (C=O) groups is 1. The molecule has 3 aromatic rings. The summed E-state index contributed by atoms with van der Waals surface area (Å²) in [6.45, 7) is 2.07. The summed E-state index contributed by atoms with van der Waals surface area (Å²) in [4.78, 5) is 19.0. The zero-order chi connectivity index (χ0) is 17.8. The van der Waals surface area contributed by atoms with E-state index < -0.39 is 0 Å². The van der Waals surface area contributed by atoms with Gasteiger partial charge in [-0.1, -0.05) is 71.9 Å². The van der Waals surface area contributed by atoms with Crippen molar-refractivity contribution in [3.05, 3.63) is 71.1 Å². The van der Waals surface area contributed by atoms with Crippen molar-refractivity contribution in [2.24, 2.45) is 0 Å². The lowest BCUT2D eigenvalue weighted by atomic mass is 10.1. The number of hydrogen-bond donors (Lipinski definition) is 0. The number of aryl methyl sites for hydroxylation is 1. The van der Waals surface area contributed by atoms with Crippen molar-refractivity contribution in [2.75, 3.05) is 14.1 Å². The van der Waals surface area contributed by atoms with Crippen LogP contribution in [0.3, 0.4) is 0 Å². The molecule has 1 amide bonds. The Morgan fingerprint density at radius 2 is 1.76 bits per heavy atom. The SMILES string of the molecule is Cc1ccc(-c2csc(SC(C(=O)N(C)C)c3ccccc3)n2)cc1. The fourth-order valence-corrected chi connectivity index (χ4v) is 4.56. The van der Waals surface area contributed by atoms with Crippen LogP contribution in [0.1, 0.15) is 16.4 Å². The minimum absolute atomic E-state index is 0.0725. The fourth-order valence-electron chi connectivity index (χ4n) is 2.39. The maximum absolute atomic E-state index is 12.6. The number of aromatic nitrogens is 1. The van der Waals surface area contributed by atoms with Crippen LogP contribution >= 0.6 is 23.1 Å². The summed E-state index contributed by atoms with van der Waals surface area (Å²) in [5.41, 5.74) is 4.29. The fraction of sp³-hybridized carbons (Fsp3) is 0.200. The van der Waals surface area contributed by atoms with Crippen LogP contribution in [0.2, 0.25) is 0 Å². The van der Waals surface area contributed by atoms with Gasteiger partial charge in [-0.15, -0.1) is 11.3 Å². The minimum Gasteiger partial charge on any atom is -0.348 e. The number of amides is 1. The molecule has 1 unspecified atom stereocenters. The van der Waals surface area contributed by atoms with Crippen molar-refractivity contribution in [1.82, 2.24) is 9.88 Å². The molecule has 0 saturated carbocycles. The van der Waals surface area contributed by atoms with Gasteiger partial charge in [0.15, 0.2) is 4.34 Å².